The smallest absolute Gasteiger partial charge is 0.164 e. The third-order valence-electron chi connectivity index (χ3n) is 13.1. The first-order chi connectivity index (χ1) is 27.9. The van der Waals surface area contributed by atoms with Crippen molar-refractivity contribution in [3.63, 3.8) is 0 Å². The van der Waals surface area contributed by atoms with Crippen molar-refractivity contribution in [2.24, 2.45) is 17.8 Å². The predicted octanol–water partition coefficient (Wildman–Crippen LogP) is 12.7. The van der Waals surface area contributed by atoms with E-state index >= 15 is 0 Å². The second kappa shape index (κ2) is 13.1. The third kappa shape index (κ3) is 5.71. The summed E-state index contributed by atoms with van der Waals surface area (Å²) in [7, 11) is 0. The summed E-state index contributed by atoms with van der Waals surface area (Å²) in [5.74, 6) is 4.25. The molecule has 0 saturated heterocycles. The van der Waals surface area contributed by atoms with E-state index in [2.05, 4.69) is 103 Å². The Kier molecular flexibility index (Phi) is 7.83. The van der Waals surface area contributed by atoms with Crippen molar-refractivity contribution in [1.82, 2.24) is 19.5 Å². The van der Waals surface area contributed by atoms with Gasteiger partial charge >= 0.3 is 0 Å². The van der Waals surface area contributed by atoms with Crippen LogP contribution in [-0.4, -0.2) is 19.5 Å². The molecular formula is C51H43N5O. The van der Waals surface area contributed by atoms with Gasteiger partial charge in [0.05, 0.1) is 17.1 Å². The molecule has 3 aliphatic carbocycles. The summed E-state index contributed by atoms with van der Waals surface area (Å²) >= 11 is 0. The number of aromatic nitrogens is 4. The van der Waals surface area contributed by atoms with Gasteiger partial charge in [-0.3, -0.25) is 0 Å². The number of nitrogens with zero attached hydrogens (tertiary/aromatic N) is 5. The van der Waals surface area contributed by atoms with Gasteiger partial charge < -0.3 is 8.98 Å². The molecule has 2 bridgehead atoms. The molecule has 0 radical (unpaired) electrons. The van der Waals surface area contributed by atoms with Crippen molar-refractivity contribution < 1.29 is 4.42 Å². The molecule has 3 heterocycles. The summed E-state index contributed by atoms with van der Waals surface area (Å²) in [6.45, 7) is 4.90. The summed E-state index contributed by atoms with van der Waals surface area (Å²) in [6.07, 6.45) is 13.0. The molecule has 3 aromatic heterocycles. The zero-order valence-electron chi connectivity index (χ0n) is 32.4. The van der Waals surface area contributed by atoms with Crippen molar-refractivity contribution in [1.29, 1.82) is 5.26 Å². The van der Waals surface area contributed by atoms with E-state index < -0.39 is 0 Å². The molecule has 0 aliphatic heterocycles. The second-order valence-electron chi connectivity index (χ2n) is 17.2. The lowest BCUT2D eigenvalue weighted by Crippen LogP contribution is -2.42. The fourth-order valence-electron chi connectivity index (χ4n) is 11.0. The minimum atomic E-state index is 0.257. The van der Waals surface area contributed by atoms with Crippen LogP contribution in [0.5, 0.6) is 0 Å². The summed E-state index contributed by atoms with van der Waals surface area (Å²) in [5, 5.41) is 12.8. The third-order valence-corrected chi connectivity index (χ3v) is 13.1. The van der Waals surface area contributed by atoms with Crippen LogP contribution in [0.2, 0.25) is 0 Å². The average molecular weight is 742 g/mol. The molecule has 8 aromatic rings. The molecule has 5 aromatic carbocycles. The standard InChI is InChI=1S/C51H43N5O/c1-31-23-34-24-32(2)28-51(27-31,29-34)38-17-13-35(14-18-38)48-53-49(55-50(54-48)37-15-21-42-41-8-4-6-10-46(41)57-47(42)26-37)36-16-22-45-43(25-36)40-7-3-5-9-44(40)56(45)39-19-11-33(30-52)12-20-39/h3-4,6-8,10-22,25-26,31-32,34H,5,9,23-24,27-29H2,1-2H3/t31-,32+,34-,51?. The Hall–Kier alpha value is -6.32. The Labute approximate surface area is 332 Å². The van der Waals surface area contributed by atoms with Crippen LogP contribution in [-0.2, 0) is 11.8 Å². The maximum absolute atomic E-state index is 9.45. The molecule has 57 heavy (non-hydrogen) atoms. The highest BCUT2D eigenvalue weighted by Gasteiger charge is 2.45. The quantitative estimate of drug-likeness (QED) is 0.175. The number of allylic oxidation sites excluding steroid dienone is 1. The van der Waals surface area contributed by atoms with E-state index in [1.165, 1.54) is 48.9 Å². The van der Waals surface area contributed by atoms with E-state index in [1.54, 1.807) is 0 Å². The summed E-state index contributed by atoms with van der Waals surface area (Å²) < 4.78 is 8.66. The van der Waals surface area contributed by atoms with Crippen LogP contribution in [0, 0.1) is 29.1 Å². The Morgan fingerprint density at radius 2 is 1.35 bits per heavy atom. The molecule has 0 spiro atoms. The Bertz CT molecular complexity index is 2920. The molecule has 2 saturated carbocycles. The fourth-order valence-corrected chi connectivity index (χ4v) is 11.0. The van der Waals surface area contributed by atoms with Crippen molar-refractivity contribution in [3.05, 3.63) is 138 Å². The van der Waals surface area contributed by atoms with Crippen molar-refractivity contribution in [3.8, 4) is 45.9 Å². The highest BCUT2D eigenvalue weighted by Crippen LogP contribution is 2.54. The SMILES string of the molecule is C[C@@H]1C[C@@H]2C[C@H](C)CC(c3ccc(-c4nc(-c5ccc6c(c5)oc5ccccc56)nc(-c5ccc6c(c5)c5c(n6-c6ccc(C#N)cc6)CCC=C5)n4)cc3)(C1)C2. The number of fused-ring (bicyclic) bond motifs is 8. The van der Waals surface area contributed by atoms with E-state index in [1.807, 2.05) is 42.5 Å². The predicted molar refractivity (Wildman–Crippen MR) is 229 cm³/mol. The van der Waals surface area contributed by atoms with Crippen LogP contribution in [0.1, 0.15) is 74.8 Å². The minimum Gasteiger partial charge on any atom is -0.456 e. The van der Waals surface area contributed by atoms with Crippen molar-refractivity contribution in [2.45, 2.75) is 64.2 Å². The molecule has 3 aliphatic rings. The maximum Gasteiger partial charge on any atom is 0.164 e. The van der Waals surface area contributed by atoms with Gasteiger partial charge in [-0.15, -0.1) is 0 Å². The van der Waals surface area contributed by atoms with Gasteiger partial charge in [-0.2, -0.15) is 5.26 Å². The average Bonchev–Trinajstić information content (AvgIpc) is 3.78. The lowest BCUT2D eigenvalue weighted by molar-refractivity contribution is 0.0780. The molecule has 6 nitrogen and oxygen atoms in total. The largest absolute Gasteiger partial charge is 0.456 e. The van der Waals surface area contributed by atoms with Gasteiger partial charge in [0.15, 0.2) is 17.5 Å². The van der Waals surface area contributed by atoms with Crippen LogP contribution in [0.4, 0.5) is 0 Å². The molecule has 0 amide bonds. The molecule has 1 unspecified atom stereocenters. The number of furan rings is 1. The maximum atomic E-state index is 9.45. The van der Waals surface area contributed by atoms with E-state index in [0.29, 0.717) is 23.0 Å². The molecule has 11 rings (SSSR count). The van der Waals surface area contributed by atoms with Gasteiger partial charge in [-0.05, 0) is 134 Å². The number of hydrogen-bond donors (Lipinski definition) is 0. The summed E-state index contributed by atoms with van der Waals surface area (Å²) in [5.41, 5.74) is 11.5. The number of benzene rings is 5. The van der Waals surface area contributed by atoms with Gasteiger partial charge in [-0.1, -0.05) is 74.5 Å². The Balaban J connectivity index is 1.05. The van der Waals surface area contributed by atoms with Crippen LogP contribution >= 0.6 is 0 Å². The zero-order chi connectivity index (χ0) is 38.3. The van der Waals surface area contributed by atoms with E-state index in [4.69, 9.17) is 19.4 Å². The topological polar surface area (TPSA) is 80.5 Å². The zero-order valence-corrected chi connectivity index (χ0v) is 32.4. The lowest BCUT2D eigenvalue weighted by Gasteiger charge is -2.50. The fraction of sp³-hybridized carbons (Fsp3) is 0.255. The van der Waals surface area contributed by atoms with Crippen LogP contribution in [0.25, 0.3) is 78.8 Å². The normalized spacial score (nSPS) is 21.5. The van der Waals surface area contributed by atoms with E-state index in [0.717, 1.165) is 85.8 Å². The lowest BCUT2D eigenvalue weighted by atomic mass is 9.54. The van der Waals surface area contributed by atoms with Crippen molar-refractivity contribution >= 4 is 38.9 Å². The highest BCUT2D eigenvalue weighted by molar-refractivity contribution is 6.05. The van der Waals surface area contributed by atoms with Crippen LogP contribution in [0.15, 0.2) is 120 Å². The highest BCUT2D eigenvalue weighted by atomic mass is 16.3. The summed E-state index contributed by atoms with van der Waals surface area (Å²) in [4.78, 5) is 15.6. The first-order valence-corrected chi connectivity index (χ1v) is 20.5. The van der Waals surface area contributed by atoms with Gasteiger partial charge in [0.2, 0.25) is 0 Å². The molecule has 6 heteroatoms. The number of nitriles is 1. The van der Waals surface area contributed by atoms with E-state index in [-0.39, 0.29) is 5.41 Å². The number of para-hydroxylation sites is 1. The molecule has 4 atom stereocenters. The Morgan fingerprint density at radius 3 is 2.11 bits per heavy atom. The van der Waals surface area contributed by atoms with Gasteiger partial charge in [0, 0.05) is 49.8 Å². The summed E-state index contributed by atoms with van der Waals surface area (Å²) in [6, 6.07) is 40.4. The van der Waals surface area contributed by atoms with Gasteiger partial charge in [0.1, 0.15) is 11.2 Å². The number of rotatable bonds is 5. The van der Waals surface area contributed by atoms with Crippen molar-refractivity contribution in [2.75, 3.05) is 0 Å². The number of hydrogen-bond acceptors (Lipinski definition) is 5. The molecule has 0 N–H and O–H groups in total. The second-order valence-corrected chi connectivity index (χ2v) is 17.2. The minimum absolute atomic E-state index is 0.257. The van der Waals surface area contributed by atoms with E-state index in [9.17, 15) is 5.26 Å². The Morgan fingerprint density at radius 1 is 0.684 bits per heavy atom. The van der Waals surface area contributed by atoms with Crippen LogP contribution < -0.4 is 0 Å². The first-order valence-electron chi connectivity index (χ1n) is 20.5. The molecular weight excluding hydrogens is 699 g/mol. The van der Waals surface area contributed by atoms with Crippen LogP contribution in [0.3, 0.4) is 0 Å². The van der Waals surface area contributed by atoms with Gasteiger partial charge in [0.25, 0.3) is 0 Å². The monoisotopic (exact) mass is 741 g/mol. The molecule has 278 valence electrons. The molecule has 2 fully saturated rings. The first kappa shape index (κ1) is 34.0. The van der Waals surface area contributed by atoms with Gasteiger partial charge in [-0.25, -0.2) is 15.0 Å².